The van der Waals surface area contributed by atoms with Gasteiger partial charge in [-0.15, -0.1) is 0 Å². The predicted molar refractivity (Wildman–Crippen MR) is 121 cm³/mol. The van der Waals surface area contributed by atoms with Crippen LogP contribution in [0.25, 0.3) is 12.2 Å². The van der Waals surface area contributed by atoms with E-state index in [2.05, 4.69) is 35.6 Å². The fourth-order valence-corrected chi connectivity index (χ4v) is 2.99. The van der Waals surface area contributed by atoms with Crippen molar-refractivity contribution in [3.63, 3.8) is 0 Å². The normalized spacial score (nSPS) is 13.3. The highest BCUT2D eigenvalue weighted by Crippen LogP contribution is 2.15. The lowest BCUT2D eigenvalue weighted by atomic mass is 10.2. The molecule has 0 aliphatic carbocycles. The van der Waals surface area contributed by atoms with Crippen molar-refractivity contribution < 1.29 is 0 Å². The van der Waals surface area contributed by atoms with Gasteiger partial charge in [-0.1, -0.05) is 35.9 Å². The van der Waals surface area contributed by atoms with E-state index in [0.29, 0.717) is 35.8 Å². The van der Waals surface area contributed by atoms with Gasteiger partial charge in [-0.3, -0.25) is 9.98 Å². The number of anilines is 2. The molecule has 0 saturated carbocycles. The van der Waals surface area contributed by atoms with Crippen LogP contribution in [0.5, 0.6) is 0 Å². The van der Waals surface area contributed by atoms with Crippen molar-refractivity contribution in [3.8, 4) is 0 Å². The standard InChI is InChI=1S/C22H20ClN7/c1-15-10-20(25-12-15)29-22-28-19(8-7-16-4-2-6-18(23)11-16)27-21(30-22)26-14-17-5-3-9-24-13-17/h2-11,13H,12,14H2,1H3,(H2,25,26,27,28,29,30)/b8-7+. The molecule has 3 aromatic rings. The number of hydrogen-bond acceptors (Lipinski definition) is 7. The Labute approximate surface area is 179 Å². The average Bonchev–Trinajstić information content (AvgIpc) is 3.16. The molecule has 1 aliphatic heterocycles. The van der Waals surface area contributed by atoms with E-state index in [9.17, 15) is 0 Å². The third-order valence-corrected chi connectivity index (χ3v) is 4.46. The van der Waals surface area contributed by atoms with Crippen LogP contribution in [0.1, 0.15) is 23.9 Å². The van der Waals surface area contributed by atoms with E-state index in [1.54, 1.807) is 12.4 Å². The second-order valence-corrected chi connectivity index (χ2v) is 7.20. The summed E-state index contributed by atoms with van der Waals surface area (Å²) in [6.45, 7) is 3.27. The van der Waals surface area contributed by atoms with Gasteiger partial charge in [0.15, 0.2) is 5.82 Å². The number of nitrogens with zero attached hydrogens (tertiary/aromatic N) is 5. The topological polar surface area (TPSA) is 88.0 Å². The second-order valence-electron chi connectivity index (χ2n) is 6.76. The fraction of sp³-hybridized carbons (Fsp3) is 0.136. The number of benzene rings is 1. The summed E-state index contributed by atoms with van der Waals surface area (Å²) in [5, 5.41) is 7.07. The van der Waals surface area contributed by atoms with Crippen molar-refractivity contribution in [2.75, 3.05) is 17.2 Å². The second kappa shape index (κ2) is 9.28. The monoisotopic (exact) mass is 417 g/mol. The van der Waals surface area contributed by atoms with Gasteiger partial charge in [-0.2, -0.15) is 15.0 Å². The van der Waals surface area contributed by atoms with Gasteiger partial charge in [0, 0.05) is 24.0 Å². The van der Waals surface area contributed by atoms with E-state index in [0.717, 1.165) is 17.0 Å². The maximum absolute atomic E-state index is 6.06. The molecular formula is C22H20ClN7. The summed E-state index contributed by atoms with van der Waals surface area (Å²) < 4.78 is 0. The van der Waals surface area contributed by atoms with E-state index in [4.69, 9.17) is 11.6 Å². The molecule has 0 bridgehead atoms. The molecule has 7 nitrogen and oxygen atoms in total. The molecule has 0 atom stereocenters. The molecule has 0 unspecified atom stereocenters. The molecule has 4 rings (SSSR count). The molecule has 0 saturated heterocycles. The van der Waals surface area contributed by atoms with Crippen LogP contribution in [-0.2, 0) is 6.54 Å². The zero-order valence-corrected chi connectivity index (χ0v) is 17.1. The number of rotatable bonds is 6. The summed E-state index contributed by atoms with van der Waals surface area (Å²) in [6.07, 6.45) is 9.26. The maximum Gasteiger partial charge on any atom is 0.233 e. The lowest BCUT2D eigenvalue weighted by molar-refractivity contribution is 0.992. The lowest BCUT2D eigenvalue weighted by Gasteiger charge is -2.08. The van der Waals surface area contributed by atoms with Crippen molar-refractivity contribution in [1.82, 2.24) is 19.9 Å². The Morgan fingerprint density at radius 2 is 1.97 bits per heavy atom. The Morgan fingerprint density at radius 1 is 1.07 bits per heavy atom. The molecular weight excluding hydrogens is 398 g/mol. The van der Waals surface area contributed by atoms with Crippen molar-refractivity contribution in [2.24, 2.45) is 4.99 Å². The first-order chi connectivity index (χ1) is 14.6. The first kappa shape index (κ1) is 19.7. The molecule has 150 valence electrons. The summed E-state index contributed by atoms with van der Waals surface area (Å²) in [5.74, 6) is 2.14. The molecule has 0 spiro atoms. The highest BCUT2D eigenvalue weighted by atomic mass is 35.5. The minimum Gasteiger partial charge on any atom is -0.350 e. The third kappa shape index (κ3) is 5.48. The molecule has 2 aromatic heterocycles. The Morgan fingerprint density at radius 3 is 2.73 bits per heavy atom. The lowest BCUT2D eigenvalue weighted by Crippen LogP contribution is -2.14. The molecule has 2 N–H and O–H groups in total. The van der Waals surface area contributed by atoms with Gasteiger partial charge < -0.3 is 10.6 Å². The quantitative estimate of drug-likeness (QED) is 0.615. The number of aromatic nitrogens is 4. The summed E-state index contributed by atoms with van der Waals surface area (Å²) in [5.41, 5.74) is 3.17. The van der Waals surface area contributed by atoms with Crippen LogP contribution in [0.15, 0.2) is 65.4 Å². The van der Waals surface area contributed by atoms with Crippen LogP contribution >= 0.6 is 11.6 Å². The van der Waals surface area contributed by atoms with Gasteiger partial charge in [0.1, 0.15) is 5.84 Å². The van der Waals surface area contributed by atoms with E-state index >= 15 is 0 Å². The van der Waals surface area contributed by atoms with Crippen LogP contribution in [0, 0.1) is 0 Å². The zero-order chi connectivity index (χ0) is 20.8. The van der Waals surface area contributed by atoms with Crippen LogP contribution in [-0.4, -0.2) is 32.3 Å². The number of nitrogens with one attached hydrogen (secondary N) is 2. The molecule has 30 heavy (non-hydrogen) atoms. The van der Waals surface area contributed by atoms with Crippen molar-refractivity contribution in [2.45, 2.75) is 13.5 Å². The summed E-state index contributed by atoms with van der Waals surface area (Å²) in [4.78, 5) is 22.0. The average molecular weight is 418 g/mol. The van der Waals surface area contributed by atoms with E-state index < -0.39 is 0 Å². The Kier molecular flexibility index (Phi) is 6.10. The minimum absolute atomic E-state index is 0.425. The molecule has 0 radical (unpaired) electrons. The summed E-state index contributed by atoms with van der Waals surface area (Å²) in [6, 6.07) is 11.5. The number of aliphatic imine (C=N–C) groups is 1. The van der Waals surface area contributed by atoms with Gasteiger partial charge >= 0.3 is 0 Å². The smallest absolute Gasteiger partial charge is 0.233 e. The van der Waals surface area contributed by atoms with E-state index in [-0.39, 0.29) is 0 Å². The molecule has 8 heteroatoms. The SMILES string of the molecule is CC1=CC(Nc2nc(/C=C/c3cccc(Cl)c3)nc(NCc3cccnc3)n2)=NC1. The number of halogens is 1. The van der Waals surface area contributed by atoms with Crippen molar-refractivity contribution >= 4 is 41.5 Å². The molecule has 1 aromatic carbocycles. The summed E-state index contributed by atoms with van der Waals surface area (Å²) >= 11 is 6.06. The predicted octanol–water partition coefficient (Wildman–Crippen LogP) is 4.47. The highest BCUT2D eigenvalue weighted by molar-refractivity contribution is 6.30. The fourth-order valence-electron chi connectivity index (χ4n) is 2.79. The van der Waals surface area contributed by atoms with Crippen LogP contribution in [0.2, 0.25) is 5.02 Å². The van der Waals surface area contributed by atoms with Crippen LogP contribution < -0.4 is 10.6 Å². The first-order valence-electron chi connectivity index (χ1n) is 9.45. The highest BCUT2D eigenvalue weighted by Gasteiger charge is 2.09. The van der Waals surface area contributed by atoms with Crippen LogP contribution in [0.3, 0.4) is 0 Å². The van der Waals surface area contributed by atoms with Crippen LogP contribution in [0.4, 0.5) is 11.9 Å². The molecule has 1 aliphatic rings. The Bertz CT molecular complexity index is 1120. The maximum atomic E-state index is 6.06. The van der Waals surface area contributed by atoms with Gasteiger partial charge in [-0.25, -0.2) is 0 Å². The molecule has 0 fully saturated rings. The Balaban J connectivity index is 1.58. The Hall–Kier alpha value is -3.58. The van der Waals surface area contributed by atoms with E-state index in [1.165, 1.54) is 5.57 Å². The van der Waals surface area contributed by atoms with Crippen molar-refractivity contribution in [1.29, 1.82) is 0 Å². The largest absolute Gasteiger partial charge is 0.350 e. The van der Waals surface area contributed by atoms with Crippen molar-refractivity contribution in [3.05, 3.63) is 82.4 Å². The number of hydrogen-bond donors (Lipinski definition) is 2. The van der Waals surface area contributed by atoms with E-state index in [1.807, 2.05) is 61.5 Å². The van der Waals surface area contributed by atoms with Gasteiger partial charge in [0.2, 0.25) is 11.9 Å². The van der Waals surface area contributed by atoms with Gasteiger partial charge in [0.05, 0.1) is 6.54 Å². The number of amidine groups is 1. The molecule has 3 heterocycles. The minimum atomic E-state index is 0.425. The zero-order valence-electron chi connectivity index (χ0n) is 16.4. The van der Waals surface area contributed by atoms with Gasteiger partial charge in [-0.05, 0) is 54.0 Å². The number of pyridine rings is 1. The van der Waals surface area contributed by atoms with Gasteiger partial charge in [0.25, 0.3) is 0 Å². The first-order valence-corrected chi connectivity index (χ1v) is 9.83. The summed E-state index contributed by atoms with van der Waals surface area (Å²) in [7, 11) is 0. The third-order valence-electron chi connectivity index (χ3n) is 4.22. The molecule has 0 amide bonds.